The van der Waals surface area contributed by atoms with Crippen LogP contribution < -0.4 is 5.63 Å². The summed E-state index contributed by atoms with van der Waals surface area (Å²) >= 11 is 0. The van der Waals surface area contributed by atoms with Crippen molar-refractivity contribution in [1.82, 2.24) is 5.06 Å². The highest BCUT2D eigenvalue weighted by atomic mass is 16.7. The maximum Gasteiger partial charge on any atom is 0.343 e. The Kier molecular flexibility index (Phi) is 3.62. The van der Waals surface area contributed by atoms with Gasteiger partial charge in [-0.2, -0.15) is 0 Å². The Labute approximate surface area is 146 Å². The Morgan fingerprint density at radius 2 is 1.54 bits per heavy atom. The van der Waals surface area contributed by atoms with E-state index in [0.29, 0.717) is 15.8 Å². The molecule has 2 heterocycles. The number of carbonyl (C=O) groups excluding carboxylic acids is 3. The third-order valence-electron chi connectivity index (χ3n) is 3.99. The zero-order valence-electron chi connectivity index (χ0n) is 13.3. The van der Waals surface area contributed by atoms with Crippen molar-refractivity contribution in [3.63, 3.8) is 0 Å². The van der Waals surface area contributed by atoms with Crippen molar-refractivity contribution in [3.05, 3.63) is 81.9 Å². The fourth-order valence-corrected chi connectivity index (χ4v) is 2.80. The monoisotopic (exact) mass is 349 g/mol. The average molecular weight is 349 g/mol. The lowest BCUT2D eigenvalue weighted by molar-refractivity contribution is -0.168. The molecule has 0 fully saturated rings. The predicted octanol–water partition coefficient (Wildman–Crippen LogP) is 2.09. The molecule has 2 aromatic carbocycles. The number of rotatable bonds is 3. The maximum absolute atomic E-state index is 12.2. The molecule has 1 aromatic heterocycles. The van der Waals surface area contributed by atoms with Gasteiger partial charge in [0.2, 0.25) is 0 Å². The molecule has 0 atom stereocenters. The van der Waals surface area contributed by atoms with E-state index in [0.717, 1.165) is 0 Å². The van der Waals surface area contributed by atoms with E-state index in [4.69, 9.17) is 9.25 Å². The first-order valence-corrected chi connectivity index (χ1v) is 7.75. The van der Waals surface area contributed by atoms with Gasteiger partial charge in [-0.05, 0) is 29.7 Å². The quantitative estimate of drug-likeness (QED) is 0.672. The minimum atomic E-state index is -0.891. The predicted molar refractivity (Wildman–Crippen MR) is 89.2 cm³/mol. The highest BCUT2D eigenvalue weighted by molar-refractivity contribution is 6.20. The van der Waals surface area contributed by atoms with Crippen molar-refractivity contribution in [2.75, 3.05) is 0 Å². The van der Waals surface area contributed by atoms with E-state index in [9.17, 15) is 19.2 Å². The summed E-state index contributed by atoms with van der Waals surface area (Å²) in [6.45, 7) is 0. The van der Waals surface area contributed by atoms with Crippen LogP contribution in [-0.2, 0) is 16.1 Å². The Bertz CT molecular complexity index is 1100. The first kappa shape index (κ1) is 15.8. The highest BCUT2D eigenvalue weighted by Crippen LogP contribution is 2.23. The van der Waals surface area contributed by atoms with Gasteiger partial charge in [0, 0.05) is 0 Å². The number of amides is 2. The smallest absolute Gasteiger partial charge is 0.343 e. The number of fused-ring (bicyclic) bond motifs is 2. The summed E-state index contributed by atoms with van der Waals surface area (Å²) < 4.78 is 5.10. The van der Waals surface area contributed by atoms with Gasteiger partial charge < -0.3 is 9.25 Å². The molecule has 1 aliphatic heterocycles. The average Bonchev–Trinajstić information content (AvgIpc) is 2.87. The Hall–Kier alpha value is -3.74. The highest BCUT2D eigenvalue weighted by Gasteiger charge is 2.38. The fraction of sp³-hybridized carbons (Fsp3) is 0.0526. The molecule has 0 N–H and O–H groups in total. The molecule has 1 aliphatic rings. The number of nitrogens with zero attached hydrogens (tertiary/aromatic N) is 1. The third-order valence-corrected chi connectivity index (χ3v) is 3.99. The number of carbonyl (C=O) groups is 3. The van der Waals surface area contributed by atoms with Crippen LogP contribution in [0, 0.1) is 0 Å². The largest absolute Gasteiger partial charge is 0.427 e. The van der Waals surface area contributed by atoms with E-state index in [1.807, 2.05) is 0 Å². The zero-order chi connectivity index (χ0) is 18.3. The lowest BCUT2D eigenvalue weighted by Crippen LogP contribution is -2.33. The normalized spacial score (nSPS) is 13.2. The summed E-state index contributed by atoms with van der Waals surface area (Å²) in [5, 5.41) is 1.43. The van der Waals surface area contributed by atoms with Crippen molar-refractivity contribution < 1.29 is 23.6 Å². The molecule has 0 saturated heterocycles. The molecule has 0 unspecified atom stereocenters. The molecule has 128 valence electrons. The second kappa shape index (κ2) is 5.96. The molecule has 0 aliphatic carbocycles. The second-order valence-electron chi connectivity index (χ2n) is 5.68. The molecular formula is C19H11NO6. The van der Waals surface area contributed by atoms with Gasteiger partial charge in [-0.1, -0.05) is 35.4 Å². The van der Waals surface area contributed by atoms with Crippen molar-refractivity contribution in [2.45, 2.75) is 6.42 Å². The van der Waals surface area contributed by atoms with Crippen molar-refractivity contribution in [3.8, 4) is 0 Å². The molecule has 0 radical (unpaired) electrons. The minimum absolute atomic E-state index is 0.0790. The summed E-state index contributed by atoms with van der Waals surface area (Å²) in [6.07, 6.45) is -0.395. The van der Waals surface area contributed by atoms with E-state index in [2.05, 4.69) is 0 Å². The lowest BCUT2D eigenvalue weighted by Gasteiger charge is -2.12. The van der Waals surface area contributed by atoms with Crippen LogP contribution >= 0.6 is 0 Å². The van der Waals surface area contributed by atoms with Gasteiger partial charge in [0.1, 0.15) is 12.2 Å². The van der Waals surface area contributed by atoms with E-state index < -0.39 is 29.8 Å². The van der Waals surface area contributed by atoms with Gasteiger partial charge in [0.15, 0.2) is 0 Å². The number of hydroxylamine groups is 2. The summed E-state index contributed by atoms with van der Waals surface area (Å²) in [5.41, 5.74) is -0.239. The van der Waals surface area contributed by atoms with Crippen LogP contribution in [0.15, 0.2) is 63.8 Å². The van der Waals surface area contributed by atoms with Crippen LogP contribution in [0.3, 0.4) is 0 Å². The van der Waals surface area contributed by atoms with E-state index in [-0.39, 0.29) is 16.9 Å². The van der Waals surface area contributed by atoms with Crippen molar-refractivity contribution in [1.29, 1.82) is 0 Å². The van der Waals surface area contributed by atoms with E-state index >= 15 is 0 Å². The molecule has 7 nitrogen and oxygen atoms in total. The van der Waals surface area contributed by atoms with Gasteiger partial charge in [-0.3, -0.25) is 9.59 Å². The van der Waals surface area contributed by atoms with Crippen LogP contribution in [0.4, 0.5) is 0 Å². The number of hydrogen-bond acceptors (Lipinski definition) is 6. The molecule has 0 spiro atoms. The number of imide groups is 1. The molecule has 2 amide bonds. The maximum atomic E-state index is 12.2. The second-order valence-corrected chi connectivity index (χ2v) is 5.68. The molecule has 0 saturated carbocycles. The van der Waals surface area contributed by atoms with Gasteiger partial charge >= 0.3 is 11.6 Å². The Morgan fingerprint density at radius 1 is 0.923 bits per heavy atom. The van der Waals surface area contributed by atoms with Gasteiger partial charge in [0.25, 0.3) is 11.8 Å². The minimum Gasteiger partial charge on any atom is -0.427 e. The Morgan fingerprint density at radius 3 is 2.23 bits per heavy atom. The van der Waals surface area contributed by atoms with Crippen LogP contribution in [-0.4, -0.2) is 22.8 Å². The van der Waals surface area contributed by atoms with Crippen LogP contribution in [0.2, 0.25) is 0 Å². The summed E-state index contributed by atoms with van der Waals surface area (Å²) in [5.74, 6) is -2.23. The fourth-order valence-electron chi connectivity index (χ4n) is 2.80. The van der Waals surface area contributed by atoms with Crippen LogP contribution in [0.25, 0.3) is 10.8 Å². The van der Waals surface area contributed by atoms with Gasteiger partial charge in [-0.15, -0.1) is 0 Å². The lowest BCUT2D eigenvalue weighted by atomic mass is 10.1. The van der Waals surface area contributed by atoms with Crippen LogP contribution in [0.1, 0.15) is 26.5 Å². The molecule has 4 rings (SSSR count). The van der Waals surface area contributed by atoms with Crippen LogP contribution in [0.5, 0.6) is 0 Å². The van der Waals surface area contributed by atoms with E-state index in [1.165, 1.54) is 12.1 Å². The Balaban J connectivity index is 1.54. The molecular weight excluding hydrogens is 338 g/mol. The SMILES string of the molecule is O=C(Cc1cc2ccccc2c(=O)o1)ON1C(=O)c2ccccc2C1=O. The first-order valence-electron chi connectivity index (χ1n) is 7.75. The van der Waals surface area contributed by atoms with Gasteiger partial charge in [-0.25, -0.2) is 9.59 Å². The molecule has 3 aromatic rings. The number of hydrogen-bond donors (Lipinski definition) is 0. The van der Waals surface area contributed by atoms with E-state index in [1.54, 1.807) is 42.5 Å². The molecule has 26 heavy (non-hydrogen) atoms. The summed E-state index contributed by atoms with van der Waals surface area (Å²) in [7, 11) is 0. The summed E-state index contributed by atoms with van der Waals surface area (Å²) in [6, 6.07) is 14.5. The standard InChI is InChI=1S/C19H11NO6/c21-16(10-12-9-11-5-1-2-6-13(11)19(24)25-12)26-20-17(22)14-7-3-4-8-15(14)18(20)23/h1-9H,10H2. The van der Waals surface area contributed by atoms with Crippen molar-refractivity contribution >= 4 is 28.6 Å². The summed E-state index contributed by atoms with van der Waals surface area (Å²) in [4.78, 5) is 53.3. The van der Waals surface area contributed by atoms with Crippen molar-refractivity contribution in [2.24, 2.45) is 0 Å². The molecule has 7 heteroatoms. The van der Waals surface area contributed by atoms with Gasteiger partial charge in [0.05, 0.1) is 16.5 Å². The topological polar surface area (TPSA) is 93.9 Å². The first-order chi connectivity index (χ1) is 12.5. The third kappa shape index (κ3) is 2.55. The molecule has 0 bridgehead atoms. The zero-order valence-corrected chi connectivity index (χ0v) is 13.3. The number of benzene rings is 2.